The molecule has 5 nitrogen and oxygen atoms in total. The minimum absolute atomic E-state index is 0.0135. The van der Waals surface area contributed by atoms with E-state index in [1.54, 1.807) is 4.90 Å². The third kappa shape index (κ3) is 4.50. The second-order valence-corrected chi connectivity index (χ2v) is 8.57. The van der Waals surface area contributed by atoms with Crippen LogP contribution in [0.4, 0.5) is 0 Å². The molecule has 2 saturated heterocycles. The molecular weight excluding hydrogens is 302 g/mol. The van der Waals surface area contributed by atoms with Crippen LogP contribution in [0.2, 0.25) is 0 Å². The lowest BCUT2D eigenvalue weighted by Gasteiger charge is -2.43. The van der Waals surface area contributed by atoms with E-state index in [9.17, 15) is 9.59 Å². The highest BCUT2D eigenvalue weighted by molar-refractivity contribution is 5.88. The van der Waals surface area contributed by atoms with Gasteiger partial charge in [0.15, 0.2) is 0 Å². The topological polar surface area (TPSA) is 52.7 Å². The molecule has 2 atom stereocenters. The molecule has 0 aromatic heterocycles. The Morgan fingerprint density at radius 1 is 1.17 bits per heavy atom. The van der Waals surface area contributed by atoms with Gasteiger partial charge in [0.25, 0.3) is 0 Å². The fraction of sp³-hybridized carbons (Fsp3) is 0.895. The average molecular weight is 338 g/mol. The number of hydrogen-bond acceptors (Lipinski definition) is 3. The van der Waals surface area contributed by atoms with Crippen molar-refractivity contribution in [1.29, 1.82) is 0 Å². The fourth-order valence-electron chi connectivity index (χ4n) is 3.91. The Labute approximate surface area is 147 Å². The van der Waals surface area contributed by atoms with Gasteiger partial charge in [-0.3, -0.25) is 14.5 Å². The zero-order valence-electron chi connectivity index (χ0n) is 16.1. The minimum atomic E-state index is -0.282. The second kappa shape index (κ2) is 7.85. The number of amides is 2. The summed E-state index contributed by atoms with van der Waals surface area (Å²) in [4.78, 5) is 29.2. The summed E-state index contributed by atoms with van der Waals surface area (Å²) >= 11 is 0. The molecule has 2 heterocycles. The molecule has 0 unspecified atom stereocenters. The molecule has 0 aliphatic carbocycles. The molecule has 0 saturated carbocycles. The first-order valence-corrected chi connectivity index (χ1v) is 9.55. The monoisotopic (exact) mass is 337 g/mol. The van der Waals surface area contributed by atoms with Gasteiger partial charge in [-0.15, -0.1) is 0 Å². The van der Waals surface area contributed by atoms with E-state index in [0.717, 1.165) is 31.8 Å². The predicted octanol–water partition coefficient (Wildman–Crippen LogP) is 2.26. The lowest BCUT2D eigenvalue weighted by atomic mass is 9.93. The van der Waals surface area contributed by atoms with Gasteiger partial charge in [-0.2, -0.15) is 0 Å². The lowest BCUT2D eigenvalue weighted by Crippen LogP contribution is -2.56. The Hall–Kier alpha value is -1.10. The van der Waals surface area contributed by atoms with Crippen LogP contribution in [0.3, 0.4) is 0 Å². The van der Waals surface area contributed by atoms with Gasteiger partial charge >= 0.3 is 0 Å². The van der Waals surface area contributed by atoms with Gasteiger partial charge in [-0.1, -0.05) is 20.8 Å². The van der Waals surface area contributed by atoms with E-state index in [0.29, 0.717) is 13.1 Å². The predicted molar refractivity (Wildman–Crippen MR) is 96.6 cm³/mol. The molecule has 2 aliphatic heterocycles. The highest BCUT2D eigenvalue weighted by Crippen LogP contribution is 2.24. The van der Waals surface area contributed by atoms with Crippen LogP contribution in [0.25, 0.3) is 0 Å². The maximum absolute atomic E-state index is 12.7. The lowest BCUT2D eigenvalue weighted by molar-refractivity contribution is -0.141. The van der Waals surface area contributed by atoms with Gasteiger partial charge in [-0.05, 0) is 52.0 Å². The van der Waals surface area contributed by atoms with Crippen LogP contribution >= 0.6 is 0 Å². The molecule has 0 bridgehead atoms. The molecule has 0 aromatic carbocycles. The second-order valence-electron chi connectivity index (χ2n) is 8.57. The number of piperidine rings is 1. The molecule has 1 N–H and O–H groups in total. The molecule has 0 aromatic rings. The molecular formula is C19H35N3O2. The van der Waals surface area contributed by atoms with Crippen LogP contribution in [0, 0.1) is 11.8 Å². The Balaban J connectivity index is 1.90. The van der Waals surface area contributed by atoms with Crippen molar-refractivity contribution in [3.05, 3.63) is 0 Å². The average Bonchev–Trinajstić information content (AvgIpc) is 3.01. The van der Waals surface area contributed by atoms with E-state index in [-0.39, 0.29) is 29.3 Å². The molecule has 0 spiro atoms. The smallest absolute Gasteiger partial charge is 0.242 e. The van der Waals surface area contributed by atoms with Gasteiger partial charge in [0.05, 0.1) is 0 Å². The Morgan fingerprint density at radius 2 is 1.83 bits per heavy atom. The van der Waals surface area contributed by atoms with Crippen LogP contribution in [0.15, 0.2) is 0 Å². The van der Waals surface area contributed by atoms with Gasteiger partial charge in [0.2, 0.25) is 11.8 Å². The number of likely N-dealkylation sites (tertiary alicyclic amines) is 2. The summed E-state index contributed by atoms with van der Waals surface area (Å²) in [6.07, 6.45) is 4.24. The number of hydrogen-bond donors (Lipinski definition) is 1. The summed E-state index contributed by atoms with van der Waals surface area (Å²) in [5.41, 5.74) is -0.0458. The Kier molecular flexibility index (Phi) is 6.29. The zero-order chi connectivity index (χ0) is 17.9. The standard InChI is InChI=1S/C19H35N3O2/c1-14(2)18(24)22-11-7-9-16(22)17(23)20-13-19(4,5)21-10-6-8-15(3)12-21/h14-16H,6-13H2,1-5H3,(H,20,23)/t15-,16+/m1/s1. The van der Waals surface area contributed by atoms with Crippen molar-refractivity contribution in [2.24, 2.45) is 11.8 Å². The van der Waals surface area contributed by atoms with Gasteiger partial charge < -0.3 is 10.2 Å². The summed E-state index contributed by atoms with van der Waals surface area (Å²) in [6.45, 7) is 14.1. The Bertz CT molecular complexity index is 462. The van der Waals surface area contributed by atoms with Gasteiger partial charge in [-0.25, -0.2) is 0 Å². The SMILES string of the molecule is CC(C)C(=O)N1CCC[C@H]1C(=O)NCC(C)(C)N1CCC[C@@H](C)C1. The summed E-state index contributed by atoms with van der Waals surface area (Å²) < 4.78 is 0. The first-order valence-electron chi connectivity index (χ1n) is 9.55. The van der Waals surface area contributed by atoms with Crippen LogP contribution in [0.5, 0.6) is 0 Å². The molecule has 5 heteroatoms. The molecule has 2 amide bonds. The normalized spacial score (nSPS) is 26.0. The number of carbonyl (C=O) groups excluding carboxylic acids is 2. The summed E-state index contributed by atoms with van der Waals surface area (Å²) in [6, 6.07) is -0.282. The first kappa shape index (κ1) is 19.2. The third-order valence-electron chi connectivity index (χ3n) is 5.54. The molecule has 138 valence electrons. The molecule has 0 radical (unpaired) electrons. The van der Waals surface area contributed by atoms with Crippen LogP contribution in [-0.4, -0.2) is 59.4 Å². The summed E-state index contributed by atoms with van der Waals surface area (Å²) in [5.74, 6) is 0.781. The summed E-state index contributed by atoms with van der Waals surface area (Å²) in [7, 11) is 0. The van der Waals surface area contributed by atoms with Crippen LogP contribution in [-0.2, 0) is 9.59 Å². The fourth-order valence-corrected chi connectivity index (χ4v) is 3.91. The molecule has 24 heavy (non-hydrogen) atoms. The van der Waals surface area contributed by atoms with E-state index >= 15 is 0 Å². The van der Waals surface area contributed by atoms with E-state index in [4.69, 9.17) is 0 Å². The van der Waals surface area contributed by atoms with E-state index in [2.05, 4.69) is 31.0 Å². The van der Waals surface area contributed by atoms with Crippen molar-refractivity contribution >= 4 is 11.8 Å². The number of rotatable bonds is 5. The number of nitrogens with one attached hydrogen (secondary N) is 1. The van der Waals surface area contributed by atoms with Crippen LogP contribution in [0.1, 0.15) is 60.3 Å². The van der Waals surface area contributed by atoms with E-state index < -0.39 is 0 Å². The Morgan fingerprint density at radius 3 is 2.46 bits per heavy atom. The largest absolute Gasteiger partial charge is 0.352 e. The van der Waals surface area contributed by atoms with Gasteiger partial charge in [0.1, 0.15) is 6.04 Å². The highest BCUT2D eigenvalue weighted by atomic mass is 16.2. The van der Waals surface area contributed by atoms with E-state index in [1.807, 2.05) is 13.8 Å². The number of nitrogens with zero attached hydrogens (tertiary/aromatic N) is 2. The van der Waals surface area contributed by atoms with Crippen molar-refractivity contribution in [2.75, 3.05) is 26.2 Å². The quantitative estimate of drug-likeness (QED) is 0.837. The zero-order valence-corrected chi connectivity index (χ0v) is 16.1. The third-order valence-corrected chi connectivity index (χ3v) is 5.54. The van der Waals surface area contributed by atoms with Crippen molar-refractivity contribution in [3.8, 4) is 0 Å². The summed E-state index contributed by atoms with van der Waals surface area (Å²) in [5, 5.41) is 3.13. The maximum Gasteiger partial charge on any atom is 0.242 e. The van der Waals surface area contributed by atoms with Crippen molar-refractivity contribution in [3.63, 3.8) is 0 Å². The molecule has 2 aliphatic rings. The van der Waals surface area contributed by atoms with Crippen molar-refractivity contribution in [2.45, 2.75) is 71.9 Å². The minimum Gasteiger partial charge on any atom is -0.352 e. The van der Waals surface area contributed by atoms with E-state index in [1.165, 1.54) is 12.8 Å². The van der Waals surface area contributed by atoms with Crippen molar-refractivity contribution in [1.82, 2.24) is 15.1 Å². The molecule has 2 rings (SSSR count). The highest BCUT2D eigenvalue weighted by Gasteiger charge is 2.36. The molecule has 2 fully saturated rings. The van der Waals surface area contributed by atoms with Crippen molar-refractivity contribution < 1.29 is 9.59 Å². The first-order chi connectivity index (χ1) is 11.2. The van der Waals surface area contributed by atoms with Crippen LogP contribution < -0.4 is 5.32 Å². The van der Waals surface area contributed by atoms with Gasteiger partial charge in [0, 0.05) is 31.1 Å². The number of carbonyl (C=O) groups is 2. The maximum atomic E-state index is 12.7.